The summed E-state index contributed by atoms with van der Waals surface area (Å²) in [5.41, 5.74) is -2.56. The Morgan fingerprint density at radius 2 is 1.44 bits per heavy atom. The van der Waals surface area contributed by atoms with Gasteiger partial charge in [-0.1, -0.05) is 6.42 Å². The van der Waals surface area contributed by atoms with Gasteiger partial charge in [0.2, 0.25) is 0 Å². The summed E-state index contributed by atoms with van der Waals surface area (Å²) in [6, 6.07) is 0. The Balaban J connectivity index is 1.92. The van der Waals surface area contributed by atoms with Crippen molar-refractivity contribution in [3.8, 4) is 0 Å². The lowest BCUT2D eigenvalue weighted by atomic mass is 9.81. The van der Waals surface area contributed by atoms with Crippen molar-refractivity contribution >= 4 is 55.6 Å². The highest BCUT2D eigenvalue weighted by molar-refractivity contribution is 14.1. The highest BCUT2D eigenvalue weighted by Gasteiger charge is 2.23. The molecule has 2 amide bonds. The lowest BCUT2D eigenvalue weighted by molar-refractivity contribution is 0.136. The molecule has 3 N–H and O–H groups in total. The van der Waals surface area contributed by atoms with Crippen LogP contribution in [0.15, 0.2) is 14.4 Å². The molecule has 1 aromatic rings. The highest BCUT2D eigenvalue weighted by atomic mass is 127. The van der Waals surface area contributed by atoms with Gasteiger partial charge in [0.15, 0.2) is 0 Å². The summed E-state index contributed by atoms with van der Waals surface area (Å²) in [5.74, 6) is 0.644. The first-order valence-electron chi connectivity index (χ1n) is 10.9. The zero-order valence-corrected chi connectivity index (χ0v) is 22.9. The van der Waals surface area contributed by atoms with Crippen molar-refractivity contribution in [2.45, 2.75) is 45.3 Å². The van der Waals surface area contributed by atoms with Crippen LogP contribution in [0.25, 0.3) is 0 Å². The quantitative estimate of drug-likeness (QED) is 0.158. The van der Waals surface area contributed by atoms with Crippen molar-refractivity contribution in [1.29, 1.82) is 0 Å². The van der Waals surface area contributed by atoms with Crippen molar-refractivity contribution in [3.05, 3.63) is 31.5 Å². The number of rotatable bonds is 12. The minimum atomic E-state index is -0.883. The predicted molar refractivity (Wildman–Crippen MR) is 138 cm³/mol. The first kappa shape index (κ1) is 28.8. The molecule has 0 bridgehead atoms. The Labute approximate surface area is 223 Å². The number of nitrogens with one attached hydrogen (secondary N) is 2. The second-order valence-electron chi connectivity index (χ2n) is 7.91. The van der Waals surface area contributed by atoms with E-state index in [2.05, 4.69) is 10.6 Å². The third-order valence-corrected chi connectivity index (χ3v) is 6.43. The number of nitrogens with zero attached hydrogens (tertiary/aromatic N) is 3. The first-order chi connectivity index (χ1) is 16.3. The molecule has 0 aromatic carbocycles. The molecule has 0 aliphatic heterocycles. The predicted octanol–water partition coefficient (Wildman–Crippen LogP) is 0.208. The monoisotopic (exact) mass is 709 g/mol. The van der Waals surface area contributed by atoms with Gasteiger partial charge in [0.25, 0.3) is 3.91 Å². The molecule has 1 heterocycles. The zero-order valence-electron chi connectivity index (χ0n) is 18.5. The summed E-state index contributed by atoms with van der Waals surface area (Å²) in [5, 5.41) is 14.7. The van der Waals surface area contributed by atoms with E-state index in [1.165, 1.54) is 0 Å². The molecule has 15 heteroatoms. The number of aliphatic hydroxyl groups is 1. The van der Waals surface area contributed by atoms with Crippen molar-refractivity contribution in [2.24, 2.45) is 11.8 Å². The Morgan fingerprint density at radius 3 is 1.97 bits per heavy atom. The standard InChI is InChI=1S/C19H29I2N5O8/c20-15(28)22-11-13-2-1-3-14(10-13)12-23-16(29)33-8-5-25-17(30)24(4-7-27)18(31)26(19(25)32)6-9-34-21/h13-14,27H,1-12H2,(H,22,28)(H,23,29). The van der Waals surface area contributed by atoms with E-state index in [1.807, 2.05) is 0 Å². The summed E-state index contributed by atoms with van der Waals surface area (Å²) in [6.45, 7) is -0.180. The van der Waals surface area contributed by atoms with Crippen LogP contribution in [0.2, 0.25) is 0 Å². The molecule has 1 saturated carbocycles. The molecule has 1 aliphatic rings. The van der Waals surface area contributed by atoms with Crippen molar-refractivity contribution in [1.82, 2.24) is 24.3 Å². The molecule has 34 heavy (non-hydrogen) atoms. The van der Waals surface area contributed by atoms with Crippen molar-refractivity contribution in [3.63, 3.8) is 0 Å². The molecule has 2 rings (SSSR count). The minimum absolute atomic E-state index is 0.0679. The number of carbonyl (C=O) groups is 2. The maximum Gasteiger partial charge on any atom is 0.407 e. The number of carbonyl (C=O) groups excluding carboxylic acids is 2. The van der Waals surface area contributed by atoms with Crippen LogP contribution in [0.5, 0.6) is 0 Å². The van der Waals surface area contributed by atoms with Crippen LogP contribution in [0.4, 0.5) is 9.59 Å². The van der Waals surface area contributed by atoms with Crippen LogP contribution in [0.3, 0.4) is 0 Å². The molecule has 1 aliphatic carbocycles. The van der Waals surface area contributed by atoms with Gasteiger partial charge in [0, 0.05) is 35.7 Å². The molecule has 192 valence electrons. The lowest BCUT2D eigenvalue weighted by Crippen LogP contribution is -2.55. The van der Waals surface area contributed by atoms with Crippen LogP contribution in [-0.4, -0.2) is 61.7 Å². The fourth-order valence-corrected chi connectivity index (χ4v) is 4.41. The molecule has 2 unspecified atom stereocenters. The number of alkyl carbamates (subject to hydrolysis) is 1. The molecule has 1 aromatic heterocycles. The smallest absolute Gasteiger partial charge is 0.407 e. The number of aromatic nitrogens is 3. The Hall–Kier alpha value is -1.47. The Kier molecular flexibility index (Phi) is 12.5. The molecule has 1 fully saturated rings. The van der Waals surface area contributed by atoms with Gasteiger partial charge < -0.3 is 23.5 Å². The number of halogens is 2. The SMILES string of the molecule is O=C(I)NCC1CCCC(CNC(=O)OCCn2c(=O)n(CCO)c(=O)n(CCOI)c2=O)C1. The summed E-state index contributed by atoms with van der Waals surface area (Å²) in [6.07, 6.45) is 3.24. The van der Waals surface area contributed by atoms with E-state index in [1.54, 1.807) is 45.6 Å². The molecular weight excluding hydrogens is 680 g/mol. The molecule has 0 radical (unpaired) electrons. The maximum absolute atomic E-state index is 12.6. The second-order valence-corrected chi connectivity index (χ2v) is 9.51. The van der Waals surface area contributed by atoms with Crippen LogP contribution in [0, 0.1) is 11.8 Å². The number of hydrogen-bond acceptors (Lipinski definition) is 8. The second kappa shape index (κ2) is 14.8. The summed E-state index contributed by atoms with van der Waals surface area (Å²) < 4.78 is 12.3. The van der Waals surface area contributed by atoms with E-state index in [0.29, 0.717) is 19.0 Å². The largest absolute Gasteiger partial charge is 0.448 e. The van der Waals surface area contributed by atoms with Crippen molar-refractivity contribution < 1.29 is 22.5 Å². The lowest BCUT2D eigenvalue weighted by Gasteiger charge is -2.29. The van der Waals surface area contributed by atoms with Crippen LogP contribution in [0.1, 0.15) is 25.7 Å². The fourth-order valence-electron chi connectivity index (χ4n) is 3.99. The zero-order chi connectivity index (χ0) is 25.1. The summed E-state index contributed by atoms with van der Waals surface area (Å²) in [4.78, 5) is 60.8. The van der Waals surface area contributed by atoms with Gasteiger partial charge in [-0.15, -0.1) is 0 Å². The molecule has 2 atom stereocenters. The van der Waals surface area contributed by atoms with E-state index in [4.69, 9.17) is 12.9 Å². The van der Waals surface area contributed by atoms with Crippen molar-refractivity contribution in [2.75, 3.05) is 32.9 Å². The Morgan fingerprint density at radius 1 is 0.912 bits per heavy atom. The Bertz CT molecular complexity index is 1010. The van der Waals surface area contributed by atoms with E-state index >= 15 is 0 Å². The van der Waals surface area contributed by atoms with Crippen LogP contribution >= 0.6 is 45.6 Å². The van der Waals surface area contributed by atoms with Gasteiger partial charge >= 0.3 is 23.2 Å². The maximum atomic E-state index is 12.6. The average Bonchev–Trinajstić information content (AvgIpc) is 2.81. The van der Waals surface area contributed by atoms with Gasteiger partial charge in [0.05, 0.1) is 32.8 Å². The van der Waals surface area contributed by atoms with Crippen LogP contribution < -0.4 is 27.7 Å². The topological polar surface area (TPSA) is 163 Å². The van der Waals surface area contributed by atoms with Gasteiger partial charge in [-0.25, -0.2) is 32.9 Å². The molecular formula is C19H29I2N5O8. The normalized spacial score (nSPS) is 17.9. The molecule has 13 nitrogen and oxygen atoms in total. The van der Waals surface area contributed by atoms with E-state index in [0.717, 1.165) is 39.4 Å². The third-order valence-electron chi connectivity index (χ3n) is 5.61. The van der Waals surface area contributed by atoms with Gasteiger partial charge in [0.1, 0.15) is 29.6 Å². The molecule has 0 saturated heterocycles. The fraction of sp³-hybridized carbons (Fsp3) is 0.737. The summed E-state index contributed by atoms with van der Waals surface area (Å²) in [7, 11) is 0. The minimum Gasteiger partial charge on any atom is -0.448 e. The highest BCUT2D eigenvalue weighted by Crippen LogP contribution is 2.28. The average molecular weight is 709 g/mol. The molecule has 0 spiro atoms. The number of aliphatic hydroxyl groups excluding tert-OH is 1. The van der Waals surface area contributed by atoms with E-state index in [-0.39, 0.29) is 42.7 Å². The van der Waals surface area contributed by atoms with Gasteiger partial charge in [-0.2, -0.15) is 0 Å². The summed E-state index contributed by atoms with van der Waals surface area (Å²) >= 11 is 3.33. The van der Waals surface area contributed by atoms with Gasteiger partial charge in [-0.05, 0) is 31.1 Å². The third kappa shape index (κ3) is 8.63. The van der Waals surface area contributed by atoms with Gasteiger partial charge in [-0.3, -0.25) is 4.79 Å². The number of amides is 2. The van der Waals surface area contributed by atoms with E-state index in [9.17, 15) is 24.0 Å². The first-order valence-corrected chi connectivity index (χ1v) is 12.9. The van der Waals surface area contributed by atoms with E-state index < -0.39 is 29.8 Å². The number of ether oxygens (including phenoxy) is 1. The van der Waals surface area contributed by atoms with Crippen LogP contribution in [-0.2, 0) is 27.4 Å². The number of hydrogen-bond donors (Lipinski definition) is 3.